The number of ether oxygens (including phenoxy) is 1. The van der Waals surface area contributed by atoms with E-state index in [0.29, 0.717) is 6.10 Å². The third-order valence-corrected chi connectivity index (χ3v) is 7.97. The van der Waals surface area contributed by atoms with E-state index in [4.69, 9.17) is 4.74 Å². The van der Waals surface area contributed by atoms with Crippen molar-refractivity contribution in [2.75, 3.05) is 31.6 Å². The molecule has 1 saturated carbocycles. The Morgan fingerprint density at radius 3 is 2.14 bits per heavy atom. The first-order chi connectivity index (χ1) is 13.1. The van der Waals surface area contributed by atoms with Gasteiger partial charge in [0.05, 0.1) is 11.6 Å². The van der Waals surface area contributed by atoms with Crippen LogP contribution in [0.3, 0.4) is 0 Å². The third-order valence-electron chi connectivity index (χ3n) is 7.97. The van der Waals surface area contributed by atoms with Crippen molar-refractivity contribution in [1.29, 1.82) is 0 Å². The first-order valence-electron chi connectivity index (χ1n) is 11.2. The van der Waals surface area contributed by atoms with Gasteiger partial charge in [0.15, 0.2) is 0 Å². The van der Waals surface area contributed by atoms with Crippen LogP contribution in [0.15, 0.2) is 30.3 Å². The van der Waals surface area contributed by atoms with Gasteiger partial charge in [-0.15, -0.1) is 12.4 Å². The fourth-order valence-electron chi connectivity index (χ4n) is 6.24. The number of hydrogen-bond acceptors (Lipinski definition) is 3. The average Bonchev–Trinajstić information content (AvgIpc) is 3.07. The summed E-state index contributed by atoms with van der Waals surface area (Å²) in [7, 11) is 1.92. The number of benzene rings is 1. The molecule has 1 atom stereocenters. The Bertz CT molecular complexity index is 592. The second-order valence-electron chi connectivity index (χ2n) is 9.45. The predicted octanol–water partition coefficient (Wildman–Crippen LogP) is 5.38. The van der Waals surface area contributed by atoms with Gasteiger partial charge in [0, 0.05) is 38.5 Å². The molecule has 2 heterocycles. The average molecular weight is 407 g/mol. The smallest absolute Gasteiger partial charge is 0.0820 e. The van der Waals surface area contributed by atoms with Crippen molar-refractivity contribution in [3.8, 4) is 0 Å². The van der Waals surface area contributed by atoms with Crippen molar-refractivity contribution < 1.29 is 4.74 Å². The minimum absolute atomic E-state index is 0. The van der Waals surface area contributed by atoms with Gasteiger partial charge in [0.2, 0.25) is 0 Å². The molecule has 1 aromatic carbocycles. The van der Waals surface area contributed by atoms with Crippen molar-refractivity contribution in [1.82, 2.24) is 4.90 Å². The van der Waals surface area contributed by atoms with E-state index in [9.17, 15) is 0 Å². The summed E-state index contributed by atoms with van der Waals surface area (Å²) in [5.41, 5.74) is 1.57. The summed E-state index contributed by atoms with van der Waals surface area (Å²) in [6.07, 6.45) is 9.69. The number of hydrogen-bond donors (Lipinski definition) is 0. The van der Waals surface area contributed by atoms with Crippen LogP contribution in [0.2, 0.25) is 0 Å². The SMILES string of the molecule is COC1CCN(c2ccccc2)C12CCN([C@H]1CC[C@@H](C(C)C)CC1)CC2.Cl. The summed E-state index contributed by atoms with van der Waals surface area (Å²) < 4.78 is 6.02. The minimum atomic E-state index is 0. The van der Waals surface area contributed by atoms with Gasteiger partial charge in [-0.3, -0.25) is 0 Å². The minimum Gasteiger partial charge on any atom is -0.379 e. The van der Waals surface area contributed by atoms with E-state index in [2.05, 4.69) is 54.0 Å². The molecule has 1 unspecified atom stereocenters. The molecule has 0 N–H and O–H groups in total. The molecule has 3 aliphatic rings. The van der Waals surface area contributed by atoms with E-state index in [-0.39, 0.29) is 17.9 Å². The van der Waals surface area contributed by atoms with E-state index in [0.717, 1.165) is 30.8 Å². The summed E-state index contributed by atoms with van der Waals surface area (Å²) >= 11 is 0. The molecule has 158 valence electrons. The van der Waals surface area contributed by atoms with Crippen LogP contribution in [-0.4, -0.2) is 49.3 Å². The molecule has 0 amide bonds. The standard InChI is InChI=1S/C24H38N2O.ClH/c1-19(2)20-9-11-21(12-10-20)25-17-14-24(15-18-25)23(27-3)13-16-26(24)22-7-5-4-6-8-22;/h4-8,19-21,23H,9-18H2,1-3H3;1H/t20-,21+,23?;. The Morgan fingerprint density at radius 1 is 0.929 bits per heavy atom. The lowest BCUT2D eigenvalue weighted by atomic mass is 9.77. The lowest BCUT2D eigenvalue weighted by Gasteiger charge is -2.50. The summed E-state index contributed by atoms with van der Waals surface area (Å²) in [5, 5.41) is 0. The number of anilines is 1. The first kappa shape index (κ1) is 21.9. The van der Waals surface area contributed by atoms with Crippen LogP contribution >= 0.6 is 12.4 Å². The molecular formula is C24H39ClN2O. The normalized spacial score (nSPS) is 30.6. The summed E-state index contributed by atoms with van der Waals surface area (Å²) in [6.45, 7) is 8.40. The maximum absolute atomic E-state index is 6.02. The molecule has 4 rings (SSSR count). The zero-order valence-electron chi connectivity index (χ0n) is 18.0. The Morgan fingerprint density at radius 2 is 1.57 bits per heavy atom. The summed E-state index contributed by atoms with van der Waals surface area (Å²) in [4.78, 5) is 5.49. The van der Waals surface area contributed by atoms with Gasteiger partial charge in [-0.2, -0.15) is 0 Å². The van der Waals surface area contributed by atoms with Crippen LogP contribution in [0.4, 0.5) is 5.69 Å². The highest BCUT2D eigenvalue weighted by Crippen LogP contribution is 2.44. The molecule has 1 spiro atoms. The van der Waals surface area contributed by atoms with Gasteiger partial charge in [0.1, 0.15) is 0 Å². The maximum atomic E-state index is 6.02. The van der Waals surface area contributed by atoms with Crippen molar-refractivity contribution in [3.05, 3.63) is 30.3 Å². The Labute approximate surface area is 178 Å². The molecule has 4 heteroatoms. The topological polar surface area (TPSA) is 15.7 Å². The number of likely N-dealkylation sites (tertiary alicyclic amines) is 1. The van der Waals surface area contributed by atoms with Gasteiger partial charge in [-0.05, 0) is 68.9 Å². The molecule has 2 aliphatic heterocycles. The fraction of sp³-hybridized carbons (Fsp3) is 0.750. The molecule has 0 radical (unpaired) electrons. The fourth-order valence-corrected chi connectivity index (χ4v) is 6.24. The lowest BCUT2D eigenvalue weighted by molar-refractivity contribution is 0.00535. The second-order valence-corrected chi connectivity index (χ2v) is 9.45. The molecule has 0 bridgehead atoms. The molecular weight excluding hydrogens is 368 g/mol. The van der Waals surface area contributed by atoms with Crippen molar-refractivity contribution in [2.24, 2.45) is 11.8 Å². The van der Waals surface area contributed by atoms with Gasteiger partial charge in [0.25, 0.3) is 0 Å². The number of methoxy groups -OCH3 is 1. The molecule has 3 fully saturated rings. The van der Waals surface area contributed by atoms with Crippen molar-refractivity contribution in [3.63, 3.8) is 0 Å². The van der Waals surface area contributed by atoms with Crippen LogP contribution in [0.1, 0.15) is 58.8 Å². The number of piperidine rings is 1. The number of rotatable bonds is 4. The number of nitrogens with zero attached hydrogens (tertiary/aromatic N) is 2. The van der Waals surface area contributed by atoms with E-state index in [1.54, 1.807) is 0 Å². The largest absolute Gasteiger partial charge is 0.379 e. The van der Waals surface area contributed by atoms with Crippen LogP contribution in [0, 0.1) is 11.8 Å². The van der Waals surface area contributed by atoms with Crippen molar-refractivity contribution in [2.45, 2.75) is 76.5 Å². The molecule has 2 saturated heterocycles. The maximum Gasteiger partial charge on any atom is 0.0820 e. The van der Waals surface area contributed by atoms with Crippen LogP contribution in [0.5, 0.6) is 0 Å². The van der Waals surface area contributed by atoms with E-state index < -0.39 is 0 Å². The molecule has 3 nitrogen and oxygen atoms in total. The summed E-state index contributed by atoms with van der Waals surface area (Å²) in [6, 6.07) is 11.8. The lowest BCUT2D eigenvalue weighted by Crippen LogP contribution is -2.59. The second kappa shape index (κ2) is 9.36. The van der Waals surface area contributed by atoms with Crippen LogP contribution < -0.4 is 4.90 Å². The number of para-hydroxylation sites is 1. The van der Waals surface area contributed by atoms with Crippen molar-refractivity contribution >= 4 is 18.1 Å². The highest BCUT2D eigenvalue weighted by Gasteiger charge is 2.51. The zero-order chi connectivity index (χ0) is 18.9. The van der Waals surface area contributed by atoms with Gasteiger partial charge < -0.3 is 14.5 Å². The van der Waals surface area contributed by atoms with E-state index in [1.807, 2.05) is 7.11 Å². The Kier molecular flexibility index (Phi) is 7.33. The molecule has 1 aromatic rings. The zero-order valence-corrected chi connectivity index (χ0v) is 18.8. The monoisotopic (exact) mass is 406 g/mol. The summed E-state index contributed by atoms with van der Waals surface area (Å²) in [5.74, 6) is 1.81. The quantitative estimate of drug-likeness (QED) is 0.667. The molecule has 0 aromatic heterocycles. The van der Waals surface area contributed by atoms with Gasteiger partial charge in [-0.1, -0.05) is 32.0 Å². The predicted molar refractivity (Wildman–Crippen MR) is 121 cm³/mol. The molecule has 28 heavy (non-hydrogen) atoms. The highest BCUT2D eigenvalue weighted by molar-refractivity contribution is 5.85. The van der Waals surface area contributed by atoms with Gasteiger partial charge in [-0.25, -0.2) is 0 Å². The first-order valence-corrected chi connectivity index (χ1v) is 11.2. The third kappa shape index (κ3) is 4.08. The molecule has 1 aliphatic carbocycles. The Balaban J connectivity index is 0.00000225. The highest BCUT2D eigenvalue weighted by atomic mass is 35.5. The van der Waals surface area contributed by atoms with E-state index >= 15 is 0 Å². The van der Waals surface area contributed by atoms with Crippen LogP contribution in [-0.2, 0) is 4.74 Å². The number of halogens is 1. The Hall–Kier alpha value is -0.770. The van der Waals surface area contributed by atoms with Crippen LogP contribution in [0.25, 0.3) is 0 Å². The van der Waals surface area contributed by atoms with Gasteiger partial charge >= 0.3 is 0 Å². The van der Waals surface area contributed by atoms with E-state index in [1.165, 1.54) is 57.3 Å².